The van der Waals surface area contributed by atoms with Crippen molar-refractivity contribution in [2.24, 2.45) is 0 Å². The van der Waals surface area contributed by atoms with Gasteiger partial charge in [0.05, 0.1) is 12.7 Å². The monoisotopic (exact) mass is 220 g/mol. The molecule has 2 heteroatoms. The minimum absolute atomic E-state index is 0.176. The highest BCUT2D eigenvalue weighted by molar-refractivity contribution is 5.25. The lowest BCUT2D eigenvalue weighted by molar-refractivity contribution is -0.212. The van der Waals surface area contributed by atoms with Crippen molar-refractivity contribution in [3.63, 3.8) is 0 Å². The molecule has 1 fully saturated rings. The largest absolute Gasteiger partial charge is 0.348 e. The molecule has 1 saturated heterocycles. The number of benzene rings is 1. The second-order valence-corrected chi connectivity index (χ2v) is 4.76. The molecule has 0 aliphatic carbocycles. The van der Waals surface area contributed by atoms with Crippen LogP contribution >= 0.6 is 0 Å². The van der Waals surface area contributed by atoms with E-state index in [1.807, 2.05) is 0 Å². The van der Waals surface area contributed by atoms with Crippen LogP contribution in [0, 0.1) is 0 Å². The fourth-order valence-electron chi connectivity index (χ4n) is 1.87. The van der Waals surface area contributed by atoms with Gasteiger partial charge in [-0.2, -0.15) is 0 Å². The zero-order chi connectivity index (χ0) is 11.5. The molecule has 1 aromatic carbocycles. The van der Waals surface area contributed by atoms with E-state index >= 15 is 0 Å². The molecule has 1 aliphatic heterocycles. The van der Waals surface area contributed by atoms with Crippen LogP contribution in [0.25, 0.3) is 0 Å². The molecule has 16 heavy (non-hydrogen) atoms. The van der Waals surface area contributed by atoms with Crippen LogP contribution in [0.3, 0.4) is 0 Å². The van der Waals surface area contributed by atoms with Gasteiger partial charge in [0, 0.05) is 5.56 Å². The van der Waals surface area contributed by atoms with E-state index in [1.165, 1.54) is 5.56 Å². The molecule has 1 heterocycles. The highest BCUT2D eigenvalue weighted by atomic mass is 16.7. The van der Waals surface area contributed by atoms with E-state index in [0.717, 1.165) is 18.6 Å². The standard InChI is InChI=1S/C14H20O2/c1-10(2)12-4-6-13(7-5-12)14-15-9-8-11(3)16-14/h4-7,10-11,14H,8-9H2,1-3H3. The zero-order valence-electron chi connectivity index (χ0n) is 10.3. The van der Waals surface area contributed by atoms with E-state index in [4.69, 9.17) is 9.47 Å². The van der Waals surface area contributed by atoms with Crippen molar-refractivity contribution in [1.82, 2.24) is 0 Å². The van der Waals surface area contributed by atoms with E-state index < -0.39 is 0 Å². The summed E-state index contributed by atoms with van der Waals surface area (Å²) in [7, 11) is 0. The van der Waals surface area contributed by atoms with Crippen LogP contribution in [-0.2, 0) is 9.47 Å². The third-order valence-electron chi connectivity index (χ3n) is 3.02. The molecule has 0 spiro atoms. The summed E-state index contributed by atoms with van der Waals surface area (Å²) in [5, 5.41) is 0. The minimum atomic E-state index is -0.176. The highest BCUT2D eigenvalue weighted by Gasteiger charge is 2.21. The number of rotatable bonds is 2. The Morgan fingerprint density at radius 3 is 2.44 bits per heavy atom. The van der Waals surface area contributed by atoms with Gasteiger partial charge in [0.1, 0.15) is 0 Å². The molecule has 2 nitrogen and oxygen atoms in total. The van der Waals surface area contributed by atoms with Gasteiger partial charge < -0.3 is 9.47 Å². The molecule has 0 radical (unpaired) electrons. The average Bonchev–Trinajstić information content (AvgIpc) is 2.29. The van der Waals surface area contributed by atoms with Gasteiger partial charge in [-0.25, -0.2) is 0 Å². The second kappa shape index (κ2) is 4.98. The van der Waals surface area contributed by atoms with Gasteiger partial charge in [-0.1, -0.05) is 38.1 Å². The first-order valence-corrected chi connectivity index (χ1v) is 6.03. The van der Waals surface area contributed by atoms with E-state index in [-0.39, 0.29) is 6.29 Å². The van der Waals surface area contributed by atoms with Crippen molar-refractivity contribution >= 4 is 0 Å². The Kier molecular flexibility index (Phi) is 3.62. The minimum Gasteiger partial charge on any atom is -0.348 e. The number of hydrogen-bond donors (Lipinski definition) is 0. The summed E-state index contributed by atoms with van der Waals surface area (Å²) in [6.45, 7) is 7.28. The second-order valence-electron chi connectivity index (χ2n) is 4.76. The molecule has 0 aromatic heterocycles. The molecule has 0 saturated carbocycles. The van der Waals surface area contributed by atoms with Crippen LogP contribution in [0.15, 0.2) is 24.3 Å². The summed E-state index contributed by atoms with van der Waals surface area (Å²) in [6, 6.07) is 8.54. The third kappa shape index (κ3) is 2.63. The molecule has 1 aromatic rings. The summed E-state index contributed by atoms with van der Waals surface area (Å²) >= 11 is 0. The van der Waals surface area contributed by atoms with Gasteiger partial charge in [-0.05, 0) is 24.8 Å². The summed E-state index contributed by atoms with van der Waals surface area (Å²) in [4.78, 5) is 0. The lowest BCUT2D eigenvalue weighted by Gasteiger charge is -2.28. The molecule has 2 unspecified atom stereocenters. The van der Waals surface area contributed by atoms with Crippen LogP contribution in [0.1, 0.15) is 50.5 Å². The summed E-state index contributed by atoms with van der Waals surface area (Å²) in [5.41, 5.74) is 2.48. The normalized spacial score (nSPS) is 26.0. The van der Waals surface area contributed by atoms with E-state index in [9.17, 15) is 0 Å². The Morgan fingerprint density at radius 2 is 1.88 bits per heavy atom. The van der Waals surface area contributed by atoms with Gasteiger partial charge in [0.2, 0.25) is 0 Å². The van der Waals surface area contributed by atoms with Gasteiger partial charge in [-0.15, -0.1) is 0 Å². The molecule has 1 aliphatic rings. The topological polar surface area (TPSA) is 18.5 Å². The fraction of sp³-hybridized carbons (Fsp3) is 0.571. The smallest absolute Gasteiger partial charge is 0.184 e. The quantitative estimate of drug-likeness (QED) is 0.757. The molecule has 0 bridgehead atoms. The van der Waals surface area contributed by atoms with Crippen LogP contribution < -0.4 is 0 Å². The zero-order valence-corrected chi connectivity index (χ0v) is 10.3. The Balaban J connectivity index is 2.09. The maximum Gasteiger partial charge on any atom is 0.184 e. The first kappa shape index (κ1) is 11.6. The number of hydrogen-bond acceptors (Lipinski definition) is 2. The van der Waals surface area contributed by atoms with Crippen LogP contribution in [-0.4, -0.2) is 12.7 Å². The average molecular weight is 220 g/mol. The first-order chi connectivity index (χ1) is 7.66. The van der Waals surface area contributed by atoms with Crippen molar-refractivity contribution < 1.29 is 9.47 Å². The molecule has 0 N–H and O–H groups in total. The predicted octanol–water partition coefficient (Wildman–Crippen LogP) is 3.63. The summed E-state index contributed by atoms with van der Waals surface area (Å²) in [5.74, 6) is 0.571. The fourth-order valence-corrected chi connectivity index (χ4v) is 1.87. The van der Waals surface area contributed by atoms with Gasteiger partial charge in [0.25, 0.3) is 0 Å². The summed E-state index contributed by atoms with van der Waals surface area (Å²) in [6.07, 6.45) is 1.11. The first-order valence-electron chi connectivity index (χ1n) is 6.03. The van der Waals surface area contributed by atoms with Crippen molar-refractivity contribution in [1.29, 1.82) is 0 Å². The maximum atomic E-state index is 5.75. The molecular weight excluding hydrogens is 200 g/mol. The number of ether oxygens (including phenoxy) is 2. The van der Waals surface area contributed by atoms with Crippen LogP contribution in [0.4, 0.5) is 0 Å². The van der Waals surface area contributed by atoms with E-state index in [1.54, 1.807) is 0 Å². The highest BCUT2D eigenvalue weighted by Crippen LogP contribution is 2.27. The Morgan fingerprint density at radius 1 is 1.19 bits per heavy atom. The Bertz CT molecular complexity index is 329. The summed E-state index contributed by atoms with van der Waals surface area (Å²) < 4.78 is 11.4. The molecule has 88 valence electrons. The van der Waals surface area contributed by atoms with Crippen molar-refractivity contribution in [3.05, 3.63) is 35.4 Å². The van der Waals surface area contributed by atoms with Crippen molar-refractivity contribution in [3.8, 4) is 0 Å². The van der Waals surface area contributed by atoms with E-state index in [2.05, 4.69) is 45.0 Å². The van der Waals surface area contributed by atoms with E-state index in [0.29, 0.717) is 12.0 Å². The Labute approximate surface area is 97.6 Å². The molecule has 2 atom stereocenters. The molecule has 2 rings (SSSR count). The van der Waals surface area contributed by atoms with Gasteiger partial charge in [-0.3, -0.25) is 0 Å². The lowest BCUT2D eigenvalue weighted by atomic mass is 10.0. The molecule has 0 amide bonds. The van der Waals surface area contributed by atoms with Crippen LogP contribution in [0.2, 0.25) is 0 Å². The van der Waals surface area contributed by atoms with Gasteiger partial charge >= 0.3 is 0 Å². The predicted molar refractivity (Wildman–Crippen MR) is 64.4 cm³/mol. The maximum absolute atomic E-state index is 5.75. The SMILES string of the molecule is CC1CCOC(c2ccc(C(C)C)cc2)O1. The van der Waals surface area contributed by atoms with Crippen molar-refractivity contribution in [2.45, 2.75) is 45.5 Å². The Hall–Kier alpha value is -0.860. The van der Waals surface area contributed by atoms with Gasteiger partial charge in [0.15, 0.2) is 6.29 Å². The third-order valence-corrected chi connectivity index (χ3v) is 3.02. The van der Waals surface area contributed by atoms with Crippen LogP contribution in [0.5, 0.6) is 0 Å². The van der Waals surface area contributed by atoms with Crippen molar-refractivity contribution in [2.75, 3.05) is 6.61 Å². The molecular formula is C14H20O2. The lowest BCUT2D eigenvalue weighted by Crippen LogP contribution is -2.24.